The Labute approximate surface area is 292 Å². The summed E-state index contributed by atoms with van der Waals surface area (Å²) in [6.45, 7) is 6.76. The molecule has 1 aliphatic rings. The van der Waals surface area contributed by atoms with E-state index in [0.717, 1.165) is 16.6 Å². The number of rotatable bonds is 3. The van der Waals surface area contributed by atoms with E-state index in [9.17, 15) is 0 Å². The van der Waals surface area contributed by atoms with E-state index in [2.05, 4.69) is 178 Å². The maximum atomic E-state index is 4.81. The second-order valence-electron chi connectivity index (χ2n) is 14.4. The van der Waals surface area contributed by atoms with Crippen molar-refractivity contribution in [1.82, 2.24) is 4.98 Å². The highest BCUT2D eigenvalue weighted by Crippen LogP contribution is 2.51. The van der Waals surface area contributed by atoms with E-state index in [1.165, 1.54) is 88.0 Å². The van der Waals surface area contributed by atoms with Gasteiger partial charge in [0.25, 0.3) is 0 Å². The monoisotopic (exact) mass is 637 g/mol. The van der Waals surface area contributed by atoms with Crippen LogP contribution >= 0.6 is 0 Å². The van der Waals surface area contributed by atoms with Crippen LogP contribution in [-0.2, 0) is 5.41 Å². The summed E-state index contributed by atoms with van der Waals surface area (Å²) in [5, 5.41) is 8.71. The summed E-state index contributed by atoms with van der Waals surface area (Å²) in [5.41, 5.74) is 15.0. The van der Waals surface area contributed by atoms with Crippen LogP contribution in [0.4, 0.5) is 0 Å². The van der Waals surface area contributed by atoms with Crippen molar-refractivity contribution >= 4 is 43.2 Å². The van der Waals surface area contributed by atoms with Crippen LogP contribution in [0.1, 0.15) is 30.7 Å². The summed E-state index contributed by atoms with van der Waals surface area (Å²) < 4.78 is 0. The van der Waals surface area contributed by atoms with Gasteiger partial charge in [0.05, 0.1) is 5.52 Å². The van der Waals surface area contributed by atoms with Crippen molar-refractivity contribution in [2.75, 3.05) is 0 Å². The van der Waals surface area contributed by atoms with Crippen LogP contribution < -0.4 is 0 Å². The number of hydrogen-bond acceptors (Lipinski definition) is 1. The zero-order chi connectivity index (χ0) is 33.6. The first-order valence-corrected chi connectivity index (χ1v) is 17.5. The SMILES string of the molecule is Cc1ccc2cc(-c3c4ccccc4c(-c4ccc5c(c4)-c4ccccc4C5(C)C)c4cc(-c5cccc6ccccc56)ccc34)ccc2n1. The lowest BCUT2D eigenvalue weighted by molar-refractivity contribution is 0.660. The third-order valence-electron chi connectivity index (χ3n) is 11.1. The number of hydrogen-bond donors (Lipinski definition) is 0. The van der Waals surface area contributed by atoms with Crippen molar-refractivity contribution < 1.29 is 0 Å². The lowest BCUT2D eigenvalue weighted by Crippen LogP contribution is -2.14. The predicted octanol–water partition coefficient (Wildman–Crippen LogP) is 13.3. The summed E-state index contributed by atoms with van der Waals surface area (Å²) in [5.74, 6) is 0. The van der Waals surface area contributed by atoms with Gasteiger partial charge in [0, 0.05) is 16.5 Å². The average molecular weight is 638 g/mol. The molecule has 1 nitrogen and oxygen atoms in total. The summed E-state index contributed by atoms with van der Waals surface area (Å²) >= 11 is 0. The topological polar surface area (TPSA) is 12.9 Å². The molecule has 0 amide bonds. The highest BCUT2D eigenvalue weighted by molar-refractivity contribution is 6.22. The standard InChI is InChI=1S/C49H35N/c1-30-19-20-33-27-34(23-26-46(33)50-30)47-39-15-6-7-16-40(39)48(35-22-25-45-42(29-35)38-14-8-9-18-44(38)49(45,2)3)43-28-32(21-24-41(43)47)37-17-10-12-31-11-4-5-13-36(31)37/h4-29H,1-3H3. The van der Waals surface area contributed by atoms with Gasteiger partial charge in [0.15, 0.2) is 0 Å². The number of fused-ring (bicyclic) bond motifs is 7. The Hall–Kier alpha value is -6.05. The van der Waals surface area contributed by atoms with E-state index >= 15 is 0 Å². The first-order chi connectivity index (χ1) is 24.5. The molecule has 0 saturated heterocycles. The first kappa shape index (κ1) is 28.9. The van der Waals surface area contributed by atoms with Gasteiger partial charge < -0.3 is 0 Å². The second-order valence-corrected chi connectivity index (χ2v) is 14.4. The number of aryl methyl sites for hydroxylation is 1. The maximum absolute atomic E-state index is 4.81. The quantitative estimate of drug-likeness (QED) is 0.176. The van der Waals surface area contributed by atoms with Gasteiger partial charge in [-0.2, -0.15) is 0 Å². The molecule has 0 saturated carbocycles. The molecular formula is C49H35N. The Morgan fingerprint density at radius 1 is 0.400 bits per heavy atom. The molecule has 1 aliphatic carbocycles. The smallest absolute Gasteiger partial charge is 0.0705 e. The lowest BCUT2D eigenvalue weighted by atomic mass is 9.81. The molecular weight excluding hydrogens is 603 g/mol. The van der Waals surface area contributed by atoms with Crippen LogP contribution in [0.2, 0.25) is 0 Å². The molecule has 0 fully saturated rings. The molecule has 0 unspecified atom stereocenters. The highest BCUT2D eigenvalue weighted by Gasteiger charge is 2.35. The number of aromatic nitrogens is 1. The second kappa shape index (κ2) is 10.7. The fraction of sp³-hybridized carbons (Fsp3) is 0.0816. The summed E-state index contributed by atoms with van der Waals surface area (Å²) in [4.78, 5) is 4.81. The fourth-order valence-corrected chi connectivity index (χ4v) is 8.70. The van der Waals surface area contributed by atoms with Gasteiger partial charge in [-0.15, -0.1) is 0 Å². The molecule has 1 heteroatoms. The van der Waals surface area contributed by atoms with E-state index in [0.29, 0.717) is 0 Å². The van der Waals surface area contributed by atoms with E-state index < -0.39 is 0 Å². The van der Waals surface area contributed by atoms with Gasteiger partial charge >= 0.3 is 0 Å². The molecule has 50 heavy (non-hydrogen) atoms. The molecule has 8 aromatic carbocycles. The van der Waals surface area contributed by atoms with Crippen molar-refractivity contribution in [1.29, 1.82) is 0 Å². The minimum Gasteiger partial charge on any atom is -0.253 e. The number of nitrogens with zero attached hydrogens (tertiary/aromatic N) is 1. The Kier molecular flexibility index (Phi) is 6.20. The Balaban J connectivity index is 1.31. The number of benzene rings is 8. The van der Waals surface area contributed by atoms with E-state index in [4.69, 9.17) is 4.98 Å². The predicted molar refractivity (Wildman–Crippen MR) is 213 cm³/mol. The highest BCUT2D eigenvalue weighted by atomic mass is 14.7. The van der Waals surface area contributed by atoms with Crippen molar-refractivity contribution in [3.63, 3.8) is 0 Å². The third kappa shape index (κ3) is 4.23. The van der Waals surface area contributed by atoms with Gasteiger partial charge in [-0.25, -0.2) is 0 Å². The first-order valence-electron chi connectivity index (χ1n) is 17.5. The molecule has 0 atom stereocenters. The van der Waals surface area contributed by atoms with Gasteiger partial charge in [-0.3, -0.25) is 4.98 Å². The van der Waals surface area contributed by atoms with Gasteiger partial charge in [-0.05, 0) is 125 Å². The van der Waals surface area contributed by atoms with Crippen molar-refractivity contribution in [3.05, 3.63) is 175 Å². The van der Waals surface area contributed by atoms with Gasteiger partial charge in [-0.1, -0.05) is 141 Å². The average Bonchev–Trinajstić information content (AvgIpc) is 3.38. The van der Waals surface area contributed by atoms with Gasteiger partial charge in [0.2, 0.25) is 0 Å². The Morgan fingerprint density at radius 3 is 1.88 bits per heavy atom. The van der Waals surface area contributed by atoms with Crippen LogP contribution in [0.15, 0.2) is 158 Å². The van der Waals surface area contributed by atoms with Crippen LogP contribution in [0.3, 0.4) is 0 Å². The fourth-order valence-electron chi connectivity index (χ4n) is 8.70. The molecule has 0 aliphatic heterocycles. The Morgan fingerprint density at radius 2 is 1.02 bits per heavy atom. The van der Waals surface area contributed by atoms with E-state index in [1.54, 1.807) is 0 Å². The number of pyridine rings is 1. The third-order valence-corrected chi connectivity index (χ3v) is 11.1. The minimum absolute atomic E-state index is 0.0382. The van der Waals surface area contributed by atoms with E-state index in [1.807, 2.05) is 0 Å². The lowest BCUT2D eigenvalue weighted by Gasteiger charge is -2.22. The Bertz CT molecular complexity index is 2850. The molecule has 0 N–H and O–H groups in total. The summed E-state index contributed by atoms with van der Waals surface area (Å²) in [7, 11) is 0. The normalized spacial score (nSPS) is 13.3. The van der Waals surface area contributed by atoms with E-state index in [-0.39, 0.29) is 5.41 Å². The van der Waals surface area contributed by atoms with Crippen LogP contribution in [-0.4, -0.2) is 4.98 Å². The van der Waals surface area contributed by atoms with Crippen LogP contribution in [0.25, 0.3) is 87.7 Å². The van der Waals surface area contributed by atoms with Crippen molar-refractivity contribution in [3.8, 4) is 44.5 Å². The molecule has 9 aromatic rings. The van der Waals surface area contributed by atoms with Crippen LogP contribution in [0.5, 0.6) is 0 Å². The zero-order valence-electron chi connectivity index (χ0n) is 28.5. The molecule has 1 heterocycles. The van der Waals surface area contributed by atoms with Crippen molar-refractivity contribution in [2.24, 2.45) is 0 Å². The molecule has 0 bridgehead atoms. The zero-order valence-corrected chi connectivity index (χ0v) is 28.5. The molecule has 10 rings (SSSR count). The van der Waals surface area contributed by atoms with Crippen molar-refractivity contribution in [2.45, 2.75) is 26.2 Å². The largest absolute Gasteiger partial charge is 0.253 e. The van der Waals surface area contributed by atoms with Crippen LogP contribution in [0, 0.1) is 6.92 Å². The molecule has 236 valence electrons. The molecule has 0 spiro atoms. The minimum atomic E-state index is -0.0382. The molecule has 1 aromatic heterocycles. The van der Waals surface area contributed by atoms with Gasteiger partial charge in [0.1, 0.15) is 0 Å². The summed E-state index contributed by atoms with van der Waals surface area (Å²) in [6, 6.07) is 58.7. The summed E-state index contributed by atoms with van der Waals surface area (Å²) in [6.07, 6.45) is 0. The maximum Gasteiger partial charge on any atom is 0.0705 e. The molecule has 0 radical (unpaired) electrons.